The maximum atomic E-state index is 15.0. The van der Waals surface area contributed by atoms with Gasteiger partial charge in [-0.2, -0.15) is 0 Å². The zero-order valence-corrected chi connectivity index (χ0v) is 15.3. The summed E-state index contributed by atoms with van der Waals surface area (Å²) >= 11 is 5.93. The summed E-state index contributed by atoms with van der Waals surface area (Å²) < 4.78 is 30.8. The van der Waals surface area contributed by atoms with Gasteiger partial charge in [-0.15, -0.1) is 0 Å². The molecule has 0 bridgehead atoms. The quantitative estimate of drug-likeness (QED) is 0.572. The Hall–Kier alpha value is -2.44. The number of ether oxygens (including phenoxy) is 3. The van der Waals surface area contributed by atoms with Crippen LogP contribution in [0, 0.1) is 0 Å². The van der Waals surface area contributed by atoms with E-state index in [0.717, 1.165) is 0 Å². The molecule has 1 heterocycles. The highest BCUT2D eigenvalue weighted by atomic mass is 35.5. The number of carbonyl (C=O) groups excluding carboxylic acids is 2. The molecule has 1 aliphatic heterocycles. The van der Waals surface area contributed by atoms with E-state index in [1.807, 2.05) is 0 Å². The molecule has 0 radical (unpaired) electrons. The first-order valence-corrected chi connectivity index (χ1v) is 8.80. The number of halogens is 2. The van der Waals surface area contributed by atoms with Gasteiger partial charge in [0, 0.05) is 0 Å². The number of carbonyl (C=O) groups is 2. The van der Waals surface area contributed by atoms with Crippen molar-refractivity contribution in [3.8, 4) is 0 Å². The van der Waals surface area contributed by atoms with E-state index in [-0.39, 0.29) is 12.2 Å². The smallest absolute Gasteiger partial charge is 0.338 e. The second-order valence-electron chi connectivity index (χ2n) is 6.30. The van der Waals surface area contributed by atoms with Crippen molar-refractivity contribution in [2.24, 2.45) is 0 Å². The van der Waals surface area contributed by atoms with E-state index in [1.165, 1.54) is 6.92 Å². The Bertz CT molecular complexity index is 797. The standard InChI is InChI=1S/C20H18ClFO5/c1-20(22)16(27-18(24)14-10-6-3-7-11-14)15(26-19(20)21)12-25-17(23)13-8-4-2-5-9-13/h2-11,15-16,19H,12H2,1H3/t15-,16?,19+,20?/m1/s1. The predicted octanol–water partition coefficient (Wildman–Crippen LogP) is 3.76. The summed E-state index contributed by atoms with van der Waals surface area (Å²) in [5.41, 5.74) is -2.87. The van der Waals surface area contributed by atoms with Crippen LogP contribution in [-0.2, 0) is 14.2 Å². The van der Waals surface area contributed by atoms with Gasteiger partial charge in [0.1, 0.15) is 12.7 Å². The molecule has 5 nitrogen and oxygen atoms in total. The van der Waals surface area contributed by atoms with Gasteiger partial charge >= 0.3 is 11.9 Å². The van der Waals surface area contributed by atoms with Gasteiger partial charge in [0.2, 0.25) is 0 Å². The summed E-state index contributed by atoms with van der Waals surface area (Å²) in [6, 6.07) is 16.5. The van der Waals surface area contributed by atoms with Crippen LogP contribution in [0.5, 0.6) is 0 Å². The Morgan fingerprint density at radius 3 is 2.11 bits per heavy atom. The summed E-state index contributed by atoms with van der Waals surface area (Å²) in [4.78, 5) is 24.4. The van der Waals surface area contributed by atoms with E-state index >= 15 is 0 Å². The van der Waals surface area contributed by atoms with Crippen LogP contribution in [0.4, 0.5) is 4.39 Å². The summed E-state index contributed by atoms with van der Waals surface area (Å²) in [5, 5.41) is 0. The monoisotopic (exact) mass is 392 g/mol. The number of hydrogen-bond acceptors (Lipinski definition) is 5. The molecule has 1 saturated heterocycles. The van der Waals surface area contributed by atoms with Gasteiger partial charge in [-0.3, -0.25) is 0 Å². The molecule has 1 fully saturated rings. The average molecular weight is 393 g/mol. The van der Waals surface area contributed by atoms with Gasteiger partial charge in [0.15, 0.2) is 17.3 Å². The Balaban J connectivity index is 1.69. The molecule has 0 aromatic heterocycles. The molecule has 7 heteroatoms. The van der Waals surface area contributed by atoms with Crippen molar-refractivity contribution in [2.45, 2.75) is 30.4 Å². The molecular formula is C20H18ClFO5. The lowest BCUT2D eigenvalue weighted by molar-refractivity contribution is -0.0423. The zero-order valence-electron chi connectivity index (χ0n) is 14.5. The van der Waals surface area contributed by atoms with Crippen LogP contribution >= 0.6 is 11.6 Å². The van der Waals surface area contributed by atoms with E-state index in [9.17, 15) is 14.0 Å². The van der Waals surface area contributed by atoms with E-state index in [0.29, 0.717) is 5.56 Å². The Morgan fingerprint density at radius 1 is 1.04 bits per heavy atom. The Labute approximate surface area is 161 Å². The third-order valence-electron chi connectivity index (χ3n) is 4.26. The van der Waals surface area contributed by atoms with Gasteiger partial charge < -0.3 is 14.2 Å². The first-order valence-electron chi connectivity index (χ1n) is 8.36. The minimum atomic E-state index is -2.14. The summed E-state index contributed by atoms with van der Waals surface area (Å²) in [6.45, 7) is 0.885. The molecule has 0 spiro atoms. The molecule has 0 aliphatic carbocycles. The lowest BCUT2D eigenvalue weighted by atomic mass is 10.0. The molecule has 2 aromatic rings. The van der Waals surface area contributed by atoms with Gasteiger partial charge in [-0.25, -0.2) is 14.0 Å². The first-order chi connectivity index (χ1) is 12.9. The third kappa shape index (κ3) is 4.28. The SMILES string of the molecule is CC1(F)C(OC(=O)c2ccccc2)[C@@H](COC(=O)c2ccccc2)O[C@@H]1Cl. The van der Waals surface area contributed by atoms with Crippen molar-refractivity contribution >= 4 is 23.5 Å². The Morgan fingerprint density at radius 2 is 1.56 bits per heavy atom. The van der Waals surface area contributed by atoms with Crippen molar-refractivity contribution in [1.82, 2.24) is 0 Å². The Kier molecular flexibility index (Phi) is 5.77. The van der Waals surface area contributed by atoms with Crippen LogP contribution in [0.3, 0.4) is 0 Å². The van der Waals surface area contributed by atoms with Crippen LogP contribution in [0.1, 0.15) is 27.6 Å². The van der Waals surface area contributed by atoms with Crippen molar-refractivity contribution in [3.05, 3.63) is 71.8 Å². The lowest BCUT2D eigenvalue weighted by Gasteiger charge is -2.25. The minimum absolute atomic E-state index is 0.270. The number of rotatable bonds is 5. The number of alkyl halides is 2. The van der Waals surface area contributed by atoms with E-state index in [4.69, 9.17) is 25.8 Å². The molecule has 27 heavy (non-hydrogen) atoms. The molecule has 0 saturated carbocycles. The molecule has 0 N–H and O–H groups in total. The number of hydrogen-bond donors (Lipinski definition) is 0. The van der Waals surface area contributed by atoms with Gasteiger partial charge in [0.25, 0.3) is 0 Å². The van der Waals surface area contributed by atoms with E-state index < -0.39 is 35.4 Å². The van der Waals surface area contributed by atoms with E-state index in [2.05, 4.69) is 0 Å². The largest absolute Gasteiger partial charge is 0.459 e. The summed E-state index contributed by atoms with van der Waals surface area (Å²) in [7, 11) is 0. The van der Waals surface area contributed by atoms with Crippen molar-refractivity contribution in [2.75, 3.05) is 6.61 Å². The average Bonchev–Trinajstić information content (AvgIpc) is 2.90. The second kappa shape index (κ2) is 8.06. The normalized spacial score (nSPS) is 27.1. The highest BCUT2D eigenvalue weighted by molar-refractivity contribution is 6.20. The highest BCUT2D eigenvalue weighted by Crippen LogP contribution is 2.39. The molecule has 4 atom stereocenters. The minimum Gasteiger partial charge on any atom is -0.459 e. The fourth-order valence-electron chi connectivity index (χ4n) is 2.74. The lowest BCUT2D eigenvalue weighted by Crippen LogP contribution is -2.44. The van der Waals surface area contributed by atoms with Crippen LogP contribution < -0.4 is 0 Å². The fraction of sp³-hybridized carbons (Fsp3) is 0.300. The van der Waals surface area contributed by atoms with Crippen LogP contribution in [0.2, 0.25) is 0 Å². The van der Waals surface area contributed by atoms with Crippen molar-refractivity contribution < 1.29 is 28.2 Å². The van der Waals surface area contributed by atoms with Gasteiger partial charge in [0.05, 0.1) is 11.1 Å². The van der Waals surface area contributed by atoms with Crippen LogP contribution in [0.25, 0.3) is 0 Å². The molecule has 2 aromatic carbocycles. The van der Waals surface area contributed by atoms with Crippen molar-refractivity contribution in [3.63, 3.8) is 0 Å². The van der Waals surface area contributed by atoms with Crippen LogP contribution in [-0.4, -0.2) is 42.0 Å². The predicted molar refractivity (Wildman–Crippen MR) is 96.4 cm³/mol. The first kappa shape index (κ1) is 19.3. The maximum Gasteiger partial charge on any atom is 0.338 e. The number of benzene rings is 2. The van der Waals surface area contributed by atoms with Crippen molar-refractivity contribution in [1.29, 1.82) is 0 Å². The zero-order chi connectivity index (χ0) is 19.4. The van der Waals surface area contributed by atoms with Gasteiger partial charge in [-0.05, 0) is 31.2 Å². The molecule has 1 aliphatic rings. The maximum absolute atomic E-state index is 15.0. The molecule has 0 amide bonds. The summed E-state index contributed by atoms with van der Waals surface area (Å²) in [5.74, 6) is -1.30. The van der Waals surface area contributed by atoms with Gasteiger partial charge in [-0.1, -0.05) is 48.0 Å². The fourth-order valence-corrected chi connectivity index (χ4v) is 3.00. The van der Waals surface area contributed by atoms with Crippen LogP contribution in [0.15, 0.2) is 60.7 Å². The molecule has 3 rings (SSSR count). The third-order valence-corrected chi connectivity index (χ3v) is 4.79. The second-order valence-corrected chi connectivity index (χ2v) is 6.69. The topological polar surface area (TPSA) is 61.8 Å². The highest BCUT2D eigenvalue weighted by Gasteiger charge is 2.56. The summed E-state index contributed by atoms with van der Waals surface area (Å²) in [6.07, 6.45) is -2.35. The molecular weight excluding hydrogens is 375 g/mol. The van der Waals surface area contributed by atoms with E-state index in [1.54, 1.807) is 60.7 Å². The molecule has 2 unspecified atom stereocenters. The number of esters is 2. The molecule has 142 valence electrons.